The number of hydrogen-bond donors (Lipinski definition) is 0. The Morgan fingerprint density at radius 1 is 1.08 bits per heavy atom. The predicted molar refractivity (Wildman–Crippen MR) is 135 cm³/mol. The van der Waals surface area contributed by atoms with Gasteiger partial charge in [0.15, 0.2) is 0 Å². The Bertz CT molecular complexity index is 1190. The number of unbranched alkanes of at least 4 members (excludes halogenated alkanes) is 1. The molecule has 0 amide bonds. The molecule has 0 saturated heterocycles. The van der Waals surface area contributed by atoms with Crippen molar-refractivity contribution in [2.75, 3.05) is 6.61 Å². The number of halogens is 4. The van der Waals surface area contributed by atoms with Crippen LogP contribution in [0.25, 0.3) is 17.3 Å². The van der Waals surface area contributed by atoms with E-state index < -0.39 is 23.8 Å². The number of carbonyl (C=O) groups excluding carboxylic acids is 1. The third-order valence-electron chi connectivity index (χ3n) is 5.35. The van der Waals surface area contributed by atoms with E-state index in [0.717, 1.165) is 25.0 Å². The number of nitrogens with zero attached hydrogens (tertiary/aromatic N) is 1. The molecule has 0 radical (unpaired) electrons. The van der Waals surface area contributed by atoms with Crippen molar-refractivity contribution in [3.63, 3.8) is 0 Å². The van der Waals surface area contributed by atoms with Crippen molar-refractivity contribution in [2.45, 2.75) is 45.4 Å². The highest BCUT2D eigenvalue weighted by atomic mass is 35.5. The summed E-state index contributed by atoms with van der Waals surface area (Å²) in [5.74, 6) is 0.0281. The molecule has 0 aliphatic carbocycles. The summed E-state index contributed by atoms with van der Waals surface area (Å²) in [6, 6.07) is 15.5. The van der Waals surface area contributed by atoms with Crippen molar-refractivity contribution >= 4 is 23.6 Å². The highest BCUT2D eigenvalue weighted by Crippen LogP contribution is 2.34. The number of carbonyl (C=O) groups is 1. The first kappa shape index (κ1) is 27.3. The topological polar surface area (TPSA) is 48.4 Å². The molecule has 0 saturated carbocycles. The zero-order valence-electron chi connectivity index (χ0n) is 20.0. The molecular weight excluding hydrogens is 491 g/mol. The van der Waals surface area contributed by atoms with E-state index in [-0.39, 0.29) is 0 Å². The van der Waals surface area contributed by atoms with E-state index in [2.05, 4.69) is 11.9 Å². The number of esters is 1. The van der Waals surface area contributed by atoms with Gasteiger partial charge in [-0.1, -0.05) is 49.2 Å². The molecule has 1 heterocycles. The van der Waals surface area contributed by atoms with Crippen molar-refractivity contribution in [1.29, 1.82) is 0 Å². The van der Waals surface area contributed by atoms with Crippen LogP contribution < -0.4 is 4.74 Å². The Hall–Kier alpha value is -3.32. The smallest absolute Gasteiger partial charge is 0.416 e. The standard InChI is InChI=1S/C28H27ClF3NO3/c1-3-5-9-26(36-25-16-10-19(18-22(25)29)11-17-27(34)35-4-2)24-8-6-7-23(33-24)20-12-14-21(15-13-20)28(30,31)32/h6-8,10-18,26H,3-5,9H2,1-2H3/b17-11+/t26-/m1/s1. The van der Waals surface area contributed by atoms with Gasteiger partial charge in [0.1, 0.15) is 11.9 Å². The molecule has 3 aromatic rings. The van der Waals surface area contributed by atoms with E-state index in [1.807, 2.05) is 12.1 Å². The summed E-state index contributed by atoms with van der Waals surface area (Å²) in [5.41, 5.74) is 1.80. The summed E-state index contributed by atoms with van der Waals surface area (Å²) < 4.78 is 49.9. The number of benzene rings is 2. The lowest BCUT2D eigenvalue weighted by molar-refractivity contribution is -0.138. The molecular formula is C28H27ClF3NO3. The minimum absolute atomic E-state index is 0.296. The summed E-state index contributed by atoms with van der Waals surface area (Å²) >= 11 is 6.46. The number of rotatable bonds is 10. The maximum atomic E-state index is 12.9. The van der Waals surface area contributed by atoms with Crippen molar-refractivity contribution in [3.05, 3.63) is 88.6 Å². The van der Waals surface area contributed by atoms with Crippen LogP contribution in [0.5, 0.6) is 5.75 Å². The van der Waals surface area contributed by atoms with Crippen LogP contribution in [0, 0.1) is 0 Å². The lowest BCUT2D eigenvalue weighted by Gasteiger charge is -2.20. The van der Waals surface area contributed by atoms with Gasteiger partial charge in [-0.3, -0.25) is 0 Å². The van der Waals surface area contributed by atoms with Gasteiger partial charge in [0.2, 0.25) is 0 Å². The normalized spacial score (nSPS) is 12.5. The molecule has 0 spiro atoms. The fourth-order valence-corrected chi connectivity index (χ4v) is 3.74. The summed E-state index contributed by atoms with van der Waals surface area (Å²) in [7, 11) is 0. The summed E-state index contributed by atoms with van der Waals surface area (Å²) in [6.07, 6.45) is 0.654. The van der Waals surface area contributed by atoms with Crippen molar-refractivity contribution in [3.8, 4) is 17.0 Å². The lowest BCUT2D eigenvalue weighted by atomic mass is 10.1. The average Bonchev–Trinajstić information content (AvgIpc) is 2.86. The Morgan fingerprint density at radius 3 is 2.47 bits per heavy atom. The van der Waals surface area contributed by atoms with Crippen LogP contribution in [0.15, 0.2) is 66.7 Å². The Balaban J connectivity index is 1.83. The molecule has 3 rings (SSSR count). The maximum absolute atomic E-state index is 12.9. The van der Waals surface area contributed by atoms with E-state index in [9.17, 15) is 18.0 Å². The first-order valence-electron chi connectivity index (χ1n) is 11.7. The fraction of sp³-hybridized carbons (Fsp3) is 0.286. The van der Waals surface area contributed by atoms with Gasteiger partial charge < -0.3 is 9.47 Å². The van der Waals surface area contributed by atoms with Crippen LogP contribution in [0.3, 0.4) is 0 Å². The highest BCUT2D eigenvalue weighted by Gasteiger charge is 2.30. The lowest BCUT2D eigenvalue weighted by Crippen LogP contribution is -2.10. The highest BCUT2D eigenvalue weighted by molar-refractivity contribution is 6.32. The monoisotopic (exact) mass is 517 g/mol. The van der Waals surface area contributed by atoms with Crippen LogP contribution in [0.1, 0.15) is 56.0 Å². The molecule has 1 atom stereocenters. The number of pyridine rings is 1. The molecule has 36 heavy (non-hydrogen) atoms. The SMILES string of the molecule is CCCC[C@@H](Oc1ccc(/C=C/C(=O)OCC)cc1Cl)c1cccc(-c2ccc(C(F)(F)F)cc2)n1. The quantitative estimate of drug-likeness (QED) is 0.200. The molecule has 8 heteroatoms. The number of aromatic nitrogens is 1. The second kappa shape index (κ2) is 12.6. The van der Waals surface area contributed by atoms with E-state index in [1.54, 1.807) is 37.3 Å². The van der Waals surface area contributed by atoms with Crippen molar-refractivity contribution in [1.82, 2.24) is 4.98 Å². The van der Waals surface area contributed by atoms with Gasteiger partial charge in [-0.15, -0.1) is 0 Å². The molecule has 0 N–H and O–H groups in total. The van der Waals surface area contributed by atoms with Crippen LogP contribution >= 0.6 is 11.6 Å². The largest absolute Gasteiger partial charge is 0.483 e. The average molecular weight is 518 g/mol. The maximum Gasteiger partial charge on any atom is 0.416 e. The van der Waals surface area contributed by atoms with Gasteiger partial charge in [0, 0.05) is 11.6 Å². The fourth-order valence-electron chi connectivity index (χ4n) is 3.50. The van der Waals surface area contributed by atoms with Crippen LogP contribution in [0.2, 0.25) is 5.02 Å². The van der Waals surface area contributed by atoms with Gasteiger partial charge in [-0.2, -0.15) is 13.2 Å². The van der Waals surface area contributed by atoms with Crippen molar-refractivity contribution in [2.24, 2.45) is 0 Å². The number of alkyl halides is 3. The van der Waals surface area contributed by atoms with Gasteiger partial charge in [0.05, 0.1) is 28.6 Å². The molecule has 0 fully saturated rings. The minimum Gasteiger partial charge on any atom is -0.483 e. The zero-order valence-corrected chi connectivity index (χ0v) is 20.8. The van der Waals surface area contributed by atoms with Gasteiger partial charge in [-0.05, 0) is 67.8 Å². The third-order valence-corrected chi connectivity index (χ3v) is 5.65. The summed E-state index contributed by atoms with van der Waals surface area (Å²) in [4.78, 5) is 16.2. The van der Waals surface area contributed by atoms with Crippen LogP contribution in [-0.4, -0.2) is 17.6 Å². The zero-order chi connectivity index (χ0) is 26.1. The molecule has 190 valence electrons. The molecule has 1 aromatic heterocycles. The summed E-state index contributed by atoms with van der Waals surface area (Å²) in [6.45, 7) is 4.10. The molecule has 0 unspecified atom stereocenters. The number of hydrogen-bond acceptors (Lipinski definition) is 4. The molecule has 4 nitrogen and oxygen atoms in total. The van der Waals surface area contributed by atoms with Gasteiger partial charge in [-0.25, -0.2) is 9.78 Å². The number of ether oxygens (including phenoxy) is 2. The third kappa shape index (κ3) is 7.59. The van der Waals surface area contributed by atoms with E-state index in [4.69, 9.17) is 21.1 Å². The second-order valence-corrected chi connectivity index (χ2v) is 8.45. The summed E-state index contributed by atoms with van der Waals surface area (Å²) in [5, 5.41) is 0.376. The second-order valence-electron chi connectivity index (χ2n) is 8.05. The molecule has 0 bridgehead atoms. The Kier molecular flexibility index (Phi) is 9.53. The molecule has 0 aliphatic rings. The van der Waals surface area contributed by atoms with E-state index in [0.29, 0.717) is 46.3 Å². The van der Waals surface area contributed by atoms with E-state index >= 15 is 0 Å². The van der Waals surface area contributed by atoms with Crippen LogP contribution in [-0.2, 0) is 15.7 Å². The van der Waals surface area contributed by atoms with Gasteiger partial charge in [0.25, 0.3) is 0 Å². The molecule has 0 aliphatic heterocycles. The predicted octanol–water partition coefficient (Wildman–Crippen LogP) is 8.31. The first-order chi connectivity index (χ1) is 17.2. The van der Waals surface area contributed by atoms with Crippen LogP contribution in [0.4, 0.5) is 13.2 Å². The molecule has 2 aromatic carbocycles. The van der Waals surface area contributed by atoms with Gasteiger partial charge >= 0.3 is 12.1 Å². The van der Waals surface area contributed by atoms with E-state index in [1.165, 1.54) is 18.2 Å². The first-order valence-corrected chi connectivity index (χ1v) is 12.0. The van der Waals surface area contributed by atoms with Crippen molar-refractivity contribution < 1.29 is 27.4 Å². The Morgan fingerprint density at radius 2 is 1.83 bits per heavy atom. The minimum atomic E-state index is -4.39. The Labute approximate surface area is 213 Å².